The molecule has 0 atom stereocenters. The summed E-state index contributed by atoms with van der Waals surface area (Å²) in [6.45, 7) is 0.943. The van der Waals surface area contributed by atoms with Gasteiger partial charge in [-0.05, 0) is 60.9 Å². The predicted molar refractivity (Wildman–Crippen MR) is 96.7 cm³/mol. The average molecular weight is 329 g/mol. The number of benzene rings is 2. The first-order valence-corrected chi connectivity index (χ1v) is 8.50. The maximum atomic E-state index is 13.3. The Morgan fingerprint density at radius 3 is 2.68 bits per heavy atom. The third-order valence-electron chi connectivity index (χ3n) is 4.85. The first kappa shape index (κ1) is 14.3. The number of fused-ring (bicyclic) bond motifs is 2. The molecule has 0 saturated carbocycles. The maximum Gasteiger partial charge on any atom is 0.123 e. The van der Waals surface area contributed by atoms with Gasteiger partial charge in [-0.3, -0.25) is 9.67 Å². The number of rotatable bonds is 2. The van der Waals surface area contributed by atoms with E-state index in [0.29, 0.717) is 0 Å². The van der Waals surface area contributed by atoms with Crippen LogP contribution in [-0.2, 0) is 13.0 Å². The van der Waals surface area contributed by atoms with Gasteiger partial charge in [0, 0.05) is 34.9 Å². The molecule has 1 aliphatic heterocycles. The van der Waals surface area contributed by atoms with Crippen LogP contribution in [0.1, 0.15) is 12.1 Å². The van der Waals surface area contributed by atoms with Crippen LogP contribution in [0.2, 0.25) is 0 Å². The van der Waals surface area contributed by atoms with E-state index in [1.54, 1.807) is 12.1 Å². The highest BCUT2D eigenvalue weighted by Gasteiger charge is 2.23. The lowest BCUT2D eigenvalue weighted by molar-refractivity contribution is 0.628. The molecule has 0 fully saturated rings. The van der Waals surface area contributed by atoms with Crippen LogP contribution in [-0.4, -0.2) is 14.8 Å². The molecule has 0 saturated heterocycles. The number of nitrogens with zero attached hydrogens (tertiary/aromatic N) is 3. The Kier molecular flexibility index (Phi) is 3.17. The van der Waals surface area contributed by atoms with Crippen LogP contribution in [0, 0.1) is 5.82 Å². The fraction of sp³-hybridized carbons (Fsp3) is 0.143. The van der Waals surface area contributed by atoms with Gasteiger partial charge < -0.3 is 0 Å². The lowest BCUT2D eigenvalue weighted by Crippen LogP contribution is -1.94. The highest BCUT2D eigenvalue weighted by atomic mass is 19.1. The molecule has 122 valence electrons. The summed E-state index contributed by atoms with van der Waals surface area (Å²) in [5.41, 5.74) is 6.43. The third-order valence-corrected chi connectivity index (χ3v) is 4.85. The third kappa shape index (κ3) is 2.33. The lowest BCUT2D eigenvalue weighted by atomic mass is 9.96. The summed E-state index contributed by atoms with van der Waals surface area (Å²) in [6.07, 6.45) is 3.95. The standard InChI is InChI=1S/C21H16FN3/c22-17-8-5-14(6-9-17)21-20(19-4-2-12-25(19)24-21)16-7-10-18-15(13-16)3-1-11-23-18/h1,3,5-11,13H,2,4,12H2. The van der Waals surface area contributed by atoms with Crippen molar-refractivity contribution in [3.8, 4) is 22.4 Å². The molecule has 0 aliphatic carbocycles. The van der Waals surface area contributed by atoms with Crippen LogP contribution in [0.5, 0.6) is 0 Å². The monoisotopic (exact) mass is 329 g/mol. The van der Waals surface area contributed by atoms with Crippen LogP contribution in [0.25, 0.3) is 33.3 Å². The zero-order valence-corrected chi connectivity index (χ0v) is 13.6. The molecule has 0 spiro atoms. The highest BCUT2D eigenvalue weighted by molar-refractivity contribution is 5.89. The molecule has 3 nitrogen and oxygen atoms in total. The Balaban J connectivity index is 1.75. The minimum atomic E-state index is -0.228. The van der Waals surface area contributed by atoms with Gasteiger partial charge in [0.2, 0.25) is 0 Å². The van der Waals surface area contributed by atoms with E-state index in [0.717, 1.165) is 52.7 Å². The number of pyridine rings is 1. The largest absolute Gasteiger partial charge is 0.268 e. The van der Waals surface area contributed by atoms with E-state index in [-0.39, 0.29) is 5.82 Å². The Morgan fingerprint density at radius 2 is 1.80 bits per heavy atom. The van der Waals surface area contributed by atoms with Crippen LogP contribution < -0.4 is 0 Å². The van der Waals surface area contributed by atoms with Gasteiger partial charge in [-0.2, -0.15) is 5.10 Å². The summed E-state index contributed by atoms with van der Waals surface area (Å²) in [5.74, 6) is -0.228. The maximum absolute atomic E-state index is 13.3. The molecule has 25 heavy (non-hydrogen) atoms. The Hall–Kier alpha value is -3.01. The van der Waals surface area contributed by atoms with Gasteiger partial charge >= 0.3 is 0 Å². The zero-order valence-electron chi connectivity index (χ0n) is 13.6. The molecule has 1 aliphatic rings. The molecular formula is C21H16FN3. The van der Waals surface area contributed by atoms with Crippen molar-refractivity contribution in [1.29, 1.82) is 0 Å². The van der Waals surface area contributed by atoms with Crippen molar-refractivity contribution < 1.29 is 4.39 Å². The Labute approximate surface area is 144 Å². The number of hydrogen-bond acceptors (Lipinski definition) is 2. The molecular weight excluding hydrogens is 313 g/mol. The fourth-order valence-corrected chi connectivity index (χ4v) is 3.68. The summed E-state index contributed by atoms with van der Waals surface area (Å²) in [4.78, 5) is 4.40. The van der Waals surface area contributed by atoms with Crippen molar-refractivity contribution in [2.45, 2.75) is 19.4 Å². The van der Waals surface area contributed by atoms with Gasteiger partial charge in [0.05, 0.1) is 5.52 Å². The first-order valence-electron chi connectivity index (χ1n) is 8.50. The quantitative estimate of drug-likeness (QED) is 0.526. The second-order valence-electron chi connectivity index (χ2n) is 6.41. The molecule has 2 aromatic heterocycles. The van der Waals surface area contributed by atoms with Crippen molar-refractivity contribution in [2.24, 2.45) is 0 Å². The predicted octanol–water partition coefficient (Wildman–Crippen LogP) is 4.85. The zero-order chi connectivity index (χ0) is 16.8. The van der Waals surface area contributed by atoms with Gasteiger partial charge in [-0.15, -0.1) is 0 Å². The molecule has 2 aromatic carbocycles. The molecule has 4 aromatic rings. The summed E-state index contributed by atoms with van der Waals surface area (Å²) in [5, 5.41) is 5.94. The smallest absolute Gasteiger partial charge is 0.123 e. The highest BCUT2D eigenvalue weighted by Crippen LogP contribution is 2.38. The summed E-state index contributed by atoms with van der Waals surface area (Å²) < 4.78 is 15.4. The molecule has 0 N–H and O–H groups in total. The van der Waals surface area contributed by atoms with Crippen molar-refractivity contribution >= 4 is 10.9 Å². The number of aromatic nitrogens is 3. The topological polar surface area (TPSA) is 30.7 Å². The lowest BCUT2D eigenvalue weighted by Gasteiger charge is -2.07. The number of hydrogen-bond donors (Lipinski definition) is 0. The molecule has 5 rings (SSSR count). The second kappa shape index (κ2) is 5.52. The fourth-order valence-electron chi connectivity index (χ4n) is 3.68. The Morgan fingerprint density at radius 1 is 0.960 bits per heavy atom. The van der Waals surface area contributed by atoms with E-state index >= 15 is 0 Å². The Bertz CT molecular complexity index is 1080. The summed E-state index contributed by atoms with van der Waals surface area (Å²) in [6, 6.07) is 17.0. The van der Waals surface area contributed by atoms with Gasteiger partial charge in [0.25, 0.3) is 0 Å². The van der Waals surface area contributed by atoms with Crippen molar-refractivity contribution in [1.82, 2.24) is 14.8 Å². The van der Waals surface area contributed by atoms with E-state index in [2.05, 4.69) is 33.9 Å². The minimum absolute atomic E-state index is 0.228. The van der Waals surface area contributed by atoms with Crippen LogP contribution in [0.3, 0.4) is 0 Å². The minimum Gasteiger partial charge on any atom is -0.268 e. The van der Waals surface area contributed by atoms with E-state index < -0.39 is 0 Å². The van der Waals surface area contributed by atoms with Crippen molar-refractivity contribution in [3.63, 3.8) is 0 Å². The van der Waals surface area contributed by atoms with Crippen LogP contribution in [0.15, 0.2) is 60.8 Å². The van der Waals surface area contributed by atoms with Gasteiger partial charge in [-0.1, -0.05) is 12.1 Å². The molecule has 0 radical (unpaired) electrons. The van der Waals surface area contributed by atoms with E-state index in [1.807, 2.05) is 12.3 Å². The van der Waals surface area contributed by atoms with Gasteiger partial charge in [0.1, 0.15) is 11.5 Å². The van der Waals surface area contributed by atoms with E-state index in [9.17, 15) is 4.39 Å². The second-order valence-corrected chi connectivity index (χ2v) is 6.41. The van der Waals surface area contributed by atoms with Crippen molar-refractivity contribution in [2.75, 3.05) is 0 Å². The number of halogens is 1. The van der Waals surface area contributed by atoms with E-state index in [1.165, 1.54) is 17.8 Å². The molecule has 3 heterocycles. The molecule has 0 amide bonds. The van der Waals surface area contributed by atoms with Crippen LogP contribution >= 0.6 is 0 Å². The first-order chi connectivity index (χ1) is 12.3. The summed E-state index contributed by atoms with van der Waals surface area (Å²) >= 11 is 0. The summed E-state index contributed by atoms with van der Waals surface area (Å²) in [7, 11) is 0. The normalized spacial score (nSPS) is 13.3. The van der Waals surface area contributed by atoms with Gasteiger partial charge in [-0.25, -0.2) is 4.39 Å². The molecule has 0 bridgehead atoms. The van der Waals surface area contributed by atoms with E-state index in [4.69, 9.17) is 5.10 Å². The molecule has 4 heteroatoms. The molecule has 0 unspecified atom stereocenters. The van der Waals surface area contributed by atoms with Crippen molar-refractivity contribution in [3.05, 3.63) is 72.3 Å². The van der Waals surface area contributed by atoms with Crippen LogP contribution in [0.4, 0.5) is 4.39 Å². The average Bonchev–Trinajstić information content (AvgIpc) is 3.23. The number of aryl methyl sites for hydroxylation is 1. The SMILES string of the molecule is Fc1ccc(-c2nn3c(c2-c2ccc4ncccc4c2)CCC3)cc1. The van der Waals surface area contributed by atoms with Gasteiger partial charge in [0.15, 0.2) is 0 Å².